The van der Waals surface area contributed by atoms with Crippen LogP contribution in [0.5, 0.6) is 0 Å². The van der Waals surface area contributed by atoms with E-state index in [2.05, 4.69) is 27.7 Å². The Morgan fingerprint density at radius 3 is 1.39 bits per heavy atom. The Kier molecular flexibility index (Phi) is 26.6. The minimum Gasteiger partial charge on any atom is -0.491 e. The van der Waals surface area contributed by atoms with Gasteiger partial charge in [0.1, 0.15) is 0 Å². The van der Waals surface area contributed by atoms with Crippen LogP contribution in [0.15, 0.2) is 11.7 Å². The van der Waals surface area contributed by atoms with E-state index < -0.39 is 0 Å². The molecule has 0 amide bonds. The first kappa shape index (κ1) is 32.1. The van der Waals surface area contributed by atoms with Crippen molar-refractivity contribution in [2.24, 2.45) is 0 Å². The largest absolute Gasteiger partial charge is 0.491 e. The van der Waals surface area contributed by atoms with Gasteiger partial charge in [0.15, 0.2) is 12.6 Å². The van der Waals surface area contributed by atoms with E-state index in [0.717, 1.165) is 51.1 Å². The summed E-state index contributed by atoms with van der Waals surface area (Å²) in [6.45, 7) is 11.3. The lowest BCUT2D eigenvalue weighted by Gasteiger charge is -2.18. The molecule has 0 aliphatic rings. The van der Waals surface area contributed by atoms with E-state index in [1.807, 2.05) is 0 Å². The highest BCUT2D eigenvalue weighted by Gasteiger charge is 2.12. The predicted molar refractivity (Wildman–Crippen MR) is 141 cm³/mol. The highest BCUT2D eigenvalue weighted by Crippen LogP contribution is 2.18. The number of allylic oxidation sites excluding steroid dienone is 1. The maximum atomic E-state index is 6.16. The third kappa shape index (κ3) is 22.6. The van der Waals surface area contributed by atoms with Crippen LogP contribution < -0.4 is 0 Å². The Morgan fingerprint density at radius 2 is 0.879 bits per heavy atom. The van der Waals surface area contributed by atoms with Crippen molar-refractivity contribution >= 4 is 0 Å². The van der Waals surface area contributed by atoms with Gasteiger partial charge in [0.2, 0.25) is 0 Å². The van der Waals surface area contributed by atoms with Gasteiger partial charge in [-0.15, -0.1) is 0 Å². The molecule has 0 saturated heterocycles. The summed E-state index contributed by atoms with van der Waals surface area (Å²) in [7, 11) is 0. The standard InChI is InChI=1S/C29H58O4/c1-5-9-12-15-18-21-25-31-28(23-8-4)29(32-26-22-19-16-13-10-6-2)33-27-30-24-20-17-14-11-7-3/h5-27H2,1-4H3. The lowest BCUT2D eigenvalue weighted by Crippen LogP contribution is -2.10. The second-order valence-electron chi connectivity index (χ2n) is 9.28. The quantitative estimate of drug-likeness (QED) is 0.0680. The number of ether oxygens (including phenoxy) is 4. The van der Waals surface area contributed by atoms with Gasteiger partial charge in [0.25, 0.3) is 0 Å². The third-order valence-corrected chi connectivity index (χ3v) is 5.88. The summed E-state index contributed by atoms with van der Waals surface area (Å²) in [4.78, 5) is 0. The van der Waals surface area contributed by atoms with Gasteiger partial charge in [0.05, 0.1) is 19.8 Å². The van der Waals surface area contributed by atoms with Gasteiger partial charge in [-0.25, -0.2) is 0 Å². The number of rotatable bonds is 27. The molecule has 0 aromatic carbocycles. The fourth-order valence-corrected chi connectivity index (χ4v) is 3.75. The molecule has 0 N–H and O–H groups in total. The van der Waals surface area contributed by atoms with Crippen LogP contribution in [0.25, 0.3) is 0 Å². The van der Waals surface area contributed by atoms with E-state index >= 15 is 0 Å². The Balaban J connectivity index is 4.49. The van der Waals surface area contributed by atoms with Crippen molar-refractivity contribution in [3.05, 3.63) is 11.7 Å². The van der Waals surface area contributed by atoms with Gasteiger partial charge < -0.3 is 18.9 Å². The summed E-state index contributed by atoms with van der Waals surface area (Å²) in [5, 5.41) is 0. The van der Waals surface area contributed by atoms with Crippen LogP contribution in [0.4, 0.5) is 0 Å². The average molecular weight is 471 g/mol. The van der Waals surface area contributed by atoms with Gasteiger partial charge in [-0.3, -0.25) is 0 Å². The SMILES string of the molecule is CCCCCCCCOC(CCC)=C(OCCCCCCCC)OCOCCCCCCC. The van der Waals surface area contributed by atoms with Crippen molar-refractivity contribution in [1.29, 1.82) is 0 Å². The Labute approximate surface area is 207 Å². The average Bonchev–Trinajstić information content (AvgIpc) is 2.82. The topological polar surface area (TPSA) is 36.9 Å². The molecule has 0 unspecified atom stereocenters. The smallest absolute Gasteiger partial charge is 0.321 e. The summed E-state index contributed by atoms with van der Waals surface area (Å²) >= 11 is 0. The Morgan fingerprint density at radius 1 is 0.424 bits per heavy atom. The van der Waals surface area contributed by atoms with E-state index in [0.29, 0.717) is 12.6 Å². The third-order valence-electron chi connectivity index (χ3n) is 5.88. The van der Waals surface area contributed by atoms with Gasteiger partial charge in [-0.1, -0.05) is 118 Å². The molecule has 0 fully saturated rings. The number of unbranched alkanes of at least 4 members (excludes halogenated alkanes) is 14. The van der Waals surface area contributed by atoms with Gasteiger partial charge in [-0.05, 0) is 25.7 Å². The second-order valence-corrected chi connectivity index (χ2v) is 9.28. The Hall–Kier alpha value is -0.900. The molecule has 0 heterocycles. The number of hydrogen-bond acceptors (Lipinski definition) is 4. The predicted octanol–water partition coefficient (Wildman–Crippen LogP) is 9.67. The summed E-state index contributed by atoms with van der Waals surface area (Å²) in [5.41, 5.74) is 0. The molecule has 0 spiro atoms. The molecule has 0 aromatic heterocycles. The van der Waals surface area contributed by atoms with E-state index in [4.69, 9.17) is 18.9 Å². The summed E-state index contributed by atoms with van der Waals surface area (Å²) in [6, 6.07) is 0. The van der Waals surface area contributed by atoms with Crippen molar-refractivity contribution in [2.75, 3.05) is 26.6 Å². The van der Waals surface area contributed by atoms with E-state index in [1.54, 1.807) is 0 Å². The fraction of sp³-hybridized carbons (Fsp3) is 0.931. The summed E-state index contributed by atoms with van der Waals surface area (Å²) in [6.07, 6.45) is 23.1. The monoisotopic (exact) mass is 470 g/mol. The first-order chi connectivity index (χ1) is 16.3. The van der Waals surface area contributed by atoms with Gasteiger partial charge >= 0.3 is 5.95 Å². The molecule has 0 saturated carbocycles. The molecule has 0 radical (unpaired) electrons. The maximum Gasteiger partial charge on any atom is 0.321 e. The molecule has 0 aliphatic carbocycles. The highest BCUT2D eigenvalue weighted by atomic mass is 16.7. The molecule has 0 aromatic rings. The van der Waals surface area contributed by atoms with E-state index in [-0.39, 0.29) is 6.79 Å². The molecule has 33 heavy (non-hydrogen) atoms. The molecule has 0 aliphatic heterocycles. The normalized spacial score (nSPS) is 12.0. The second kappa shape index (κ2) is 27.3. The van der Waals surface area contributed by atoms with Crippen LogP contribution in [-0.2, 0) is 18.9 Å². The maximum absolute atomic E-state index is 6.16. The first-order valence-corrected chi connectivity index (χ1v) is 14.5. The van der Waals surface area contributed by atoms with Gasteiger partial charge in [0, 0.05) is 6.42 Å². The van der Waals surface area contributed by atoms with Crippen molar-refractivity contribution in [3.8, 4) is 0 Å². The van der Waals surface area contributed by atoms with Crippen LogP contribution in [0.3, 0.4) is 0 Å². The van der Waals surface area contributed by atoms with Gasteiger partial charge in [-0.2, -0.15) is 0 Å². The molecular weight excluding hydrogens is 412 g/mol. The van der Waals surface area contributed by atoms with Crippen molar-refractivity contribution < 1.29 is 18.9 Å². The zero-order valence-electron chi connectivity index (χ0n) is 22.9. The molecule has 198 valence electrons. The molecular formula is C29H58O4. The molecule has 0 atom stereocenters. The van der Waals surface area contributed by atoms with E-state index in [9.17, 15) is 0 Å². The van der Waals surface area contributed by atoms with Crippen LogP contribution in [0, 0.1) is 0 Å². The van der Waals surface area contributed by atoms with Crippen LogP contribution in [0.2, 0.25) is 0 Å². The minimum absolute atomic E-state index is 0.243. The molecule has 0 bridgehead atoms. The fourth-order valence-electron chi connectivity index (χ4n) is 3.75. The number of hydrogen-bond donors (Lipinski definition) is 0. The van der Waals surface area contributed by atoms with Crippen molar-refractivity contribution in [2.45, 2.75) is 150 Å². The summed E-state index contributed by atoms with van der Waals surface area (Å²) in [5.74, 6) is 1.42. The minimum atomic E-state index is 0.243. The zero-order chi connectivity index (χ0) is 24.2. The highest BCUT2D eigenvalue weighted by molar-refractivity contribution is 4.95. The van der Waals surface area contributed by atoms with Crippen molar-refractivity contribution in [3.63, 3.8) is 0 Å². The van der Waals surface area contributed by atoms with E-state index in [1.165, 1.54) is 89.9 Å². The first-order valence-electron chi connectivity index (χ1n) is 14.5. The van der Waals surface area contributed by atoms with Crippen molar-refractivity contribution in [1.82, 2.24) is 0 Å². The Bertz CT molecular complexity index is 408. The molecule has 0 rings (SSSR count). The summed E-state index contributed by atoms with van der Waals surface area (Å²) < 4.78 is 23.9. The van der Waals surface area contributed by atoms with Crippen LogP contribution in [0.1, 0.15) is 150 Å². The lowest BCUT2D eigenvalue weighted by atomic mass is 10.1. The van der Waals surface area contributed by atoms with Crippen LogP contribution >= 0.6 is 0 Å². The molecule has 4 heteroatoms. The lowest BCUT2D eigenvalue weighted by molar-refractivity contribution is -0.0845. The van der Waals surface area contributed by atoms with Crippen LogP contribution in [-0.4, -0.2) is 26.6 Å². The zero-order valence-corrected chi connectivity index (χ0v) is 22.9. The molecule has 4 nitrogen and oxygen atoms in total.